The minimum atomic E-state index is -3.26. The molecular formula is C32H42N8O8S2. The van der Waals surface area contributed by atoms with Crippen molar-refractivity contribution in [2.24, 2.45) is 0 Å². The number of nitro benzene ring substituents is 1. The number of nitrogens with one attached hydrogen (secondary N) is 2. The van der Waals surface area contributed by atoms with Gasteiger partial charge in [0.1, 0.15) is 17.2 Å². The van der Waals surface area contributed by atoms with Crippen molar-refractivity contribution in [2.45, 2.75) is 52.6 Å². The number of hydrogen-bond acceptors (Lipinski definition) is 13. The maximum absolute atomic E-state index is 11.6. The highest BCUT2D eigenvalue weighted by Gasteiger charge is 2.31. The first kappa shape index (κ1) is 36.8. The molecule has 2 aromatic heterocycles. The SMILES string of the molecule is Cc1noc(C)c1-c1ccc(N[C@@H]2CCN(S(C)(=O)=O)C2)c(N)c1.Cc1noc(C)c1-c1ccc(N[C@@H]2CCN(S(C)(=O)=O)C2)c([N+](=O)[O-])c1. The molecule has 0 amide bonds. The quantitative estimate of drug-likeness (QED) is 0.124. The third-order valence-corrected chi connectivity index (χ3v) is 11.4. The van der Waals surface area contributed by atoms with Crippen molar-refractivity contribution < 1.29 is 30.8 Å². The standard InChI is InChI=1S/C16H20N4O5S.C16H22N4O3S/c1-10-16(11(2)25-18-10)12-4-5-14(15(8-12)20(21)22)17-13-6-7-19(9-13)26(3,23)24;1-10-16(11(2)23-19-10)12-4-5-15(14(17)8-12)18-13-6-7-20(9-13)24(3,21)22/h4-5,8,13,17H,6-7,9H2,1-3H3;4-5,8,13,18H,6-7,9,17H2,1-3H3/t2*13-/m11/s1. The lowest BCUT2D eigenvalue weighted by Gasteiger charge is -2.17. The Bertz CT molecular complexity index is 2070. The lowest BCUT2D eigenvalue weighted by Crippen LogP contribution is -2.30. The Morgan fingerprint density at radius 2 is 1.22 bits per heavy atom. The van der Waals surface area contributed by atoms with E-state index in [1.807, 2.05) is 32.0 Å². The highest BCUT2D eigenvalue weighted by Crippen LogP contribution is 2.35. The van der Waals surface area contributed by atoms with Crippen molar-refractivity contribution in [2.75, 3.05) is 55.1 Å². The van der Waals surface area contributed by atoms with Crippen LogP contribution < -0.4 is 16.4 Å². The van der Waals surface area contributed by atoms with Crippen molar-refractivity contribution in [1.29, 1.82) is 0 Å². The Hall–Kier alpha value is -4.52. The molecular weight excluding hydrogens is 689 g/mol. The highest BCUT2D eigenvalue weighted by atomic mass is 32.2. The van der Waals surface area contributed by atoms with E-state index in [0.717, 1.165) is 46.5 Å². The second-order valence-electron chi connectivity index (χ2n) is 12.7. The average molecular weight is 731 g/mol. The largest absolute Gasteiger partial charge is 0.397 e. The van der Waals surface area contributed by atoms with E-state index in [1.165, 1.54) is 20.9 Å². The van der Waals surface area contributed by atoms with E-state index in [0.29, 0.717) is 61.0 Å². The van der Waals surface area contributed by atoms with Crippen molar-refractivity contribution in [3.8, 4) is 22.3 Å². The smallest absolute Gasteiger partial charge is 0.292 e. The van der Waals surface area contributed by atoms with Crippen LogP contribution in [0.15, 0.2) is 45.4 Å². The van der Waals surface area contributed by atoms with Gasteiger partial charge in [-0.3, -0.25) is 10.1 Å². The summed E-state index contributed by atoms with van der Waals surface area (Å²) in [5.74, 6) is 1.35. The summed E-state index contributed by atoms with van der Waals surface area (Å²) in [4.78, 5) is 11.1. The summed E-state index contributed by atoms with van der Waals surface area (Å²) in [5, 5.41) is 25.8. The Balaban J connectivity index is 0.000000195. The van der Waals surface area contributed by atoms with Crippen LogP contribution >= 0.6 is 0 Å². The lowest BCUT2D eigenvalue weighted by atomic mass is 10.0. The summed E-state index contributed by atoms with van der Waals surface area (Å²) >= 11 is 0. The molecule has 2 fully saturated rings. The molecule has 0 unspecified atom stereocenters. The molecule has 2 aliphatic heterocycles. The van der Waals surface area contributed by atoms with Gasteiger partial charge in [0.25, 0.3) is 5.69 Å². The first-order valence-corrected chi connectivity index (χ1v) is 19.6. The van der Waals surface area contributed by atoms with Crippen LogP contribution in [-0.2, 0) is 20.0 Å². The Kier molecular flexibility index (Phi) is 10.6. The van der Waals surface area contributed by atoms with E-state index in [1.54, 1.807) is 26.0 Å². The summed E-state index contributed by atoms with van der Waals surface area (Å²) < 4.78 is 59.6. The molecule has 4 heterocycles. The van der Waals surface area contributed by atoms with Crippen LogP contribution in [-0.4, -0.2) is 91.5 Å². The molecule has 0 aliphatic carbocycles. The molecule has 2 aliphatic rings. The molecule has 2 atom stereocenters. The third kappa shape index (κ3) is 8.26. The van der Waals surface area contributed by atoms with Crippen molar-refractivity contribution in [1.82, 2.24) is 18.9 Å². The van der Waals surface area contributed by atoms with Gasteiger partial charge in [0.15, 0.2) is 0 Å². The van der Waals surface area contributed by atoms with E-state index in [9.17, 15) is 26.9 Å². The van der Waals surface area contributed by atoms with Crippen LogP contribution in [0.2, 0.25) is 0 Å². The van der Waals surface area contributed by atoms with Crippen LogP contribution in [0.3, 0.4) is 0 Å². The summed E-state index contributed by atoms with van der Waals surface area (Å²) in [6, 6.07) is 10.6. The van der Waals surface area contributed by atoms with E-state index in [2.05, 4.69) is 20.9 Å². The minimum Gasteiger partial charge on any atom is -0.397 e. The van der Waals surface area contributed by atoms with Gasteiger partial charge in [-0.25, -0.2) is 25.4 Å². The van der Waals surface area contributed by atoms with E-state index < -0.39 is 25.0 Å². The Labute approximate surface area is 291 Å². The maximum Gasteiger partial charge on any atom is 0.292 e. The number of anilines is 3. The lowest BCUT2D eigenvalue weighted by molar-refractivity contribution is -0.383. The zero-order chi connectivity index (χ0) is 36.5. The number of aryl methyl sites for hydroxylation is 4. The van der Waals surface area contributed by atoms with Gasteiger partial charge in [-0.2, -0.15) is 0 Å². The van der Waals surface area contributed by atoms with Crippen LogP contribution in [0.4, 0.5) is 22.7 Å². The molecule has 2 aromatic carbocycles. The molecule has 0 spiro atoms. The molecule has 18 heteroatoms. The maximum atomic E-state index is 11.6. The molecule has 4 aromatic rings. The van der Waals surface area contributed by atoms with Gasteiger partial charge < -0.3 is 25.4 Å². The normalized spacial score (nSPS) is 18.5. The Morgan fingerprint density at radius 1 is 0.780 bits per heavy atom. The number of nitrogen functional groups attached to an aromatic ring is 1. The van der Waals surface area contributed by atoms with E-state index in [4.69, 9.17) is 14.8 Å². The summed E-state index contributed by atoms with van der Waals surface area (Å²) in [7, 11) is -6.40. The number of nitrogens with zero attached hydrogens (tertiary/aromatic N) is 5. The van der Waals surface area contributed by atoms with Gasteiger partial charge in [-0.05, 0) is 69.9 Å². The van der Waals surface area contributed by atoms with Crippen molar-refractivity contribution in [3.05, 3.63) is 69.4 Å². The molecule has 0 radical (unpaired) electrons. The van der Waals surface area contributed by atoms with Crippen molar-refractivity contribution >= 4 is 42.8 Å². The molecule has 4 N–H and O–H groups in total. The monoisotopic (exact) mass is 730 g/mol. The van der Waals surface area contributed by atoms with E-state index in [-0.39, 0.29) is 17.8 Å². The number of sulfonamides is 2. The second kappa shape index (κ2) is 14.4. The summed E-state index contributed by atoms with van der Waals surface area (Å²) in [6.07, 6.45) is 3.76. The summed E-state index contributed by atoms with van der Waals surface area (Å²) in [5.41, 5.74) is 12.7. The van der Waals surface area contributed by atoms with Crippen molar-refractivity contribution in [3.63, 3.8) is 0 Å². The van der Waals surface area contributed by atoms with E-state index >= 15 is 0 Å². The number of hydrogen-bond donors (Lipinski definition) is 3. The molecule has 2 saturated heterocycles. The van der Waals surface area contributed by atoms with Gasteiger partial charge in [0.2, 0.25) is 20.0 Å². The third-order valence-electron chi connectivity index (χ3n) is 8.85. The number of nitro groups is 1. The number of nitrogens with two attached hydrogens (primary N) is 1. The van der Waals surface area contributed by atoms with Crippen LogP contribution in [0.1, 0.15) is 35.7 Å². The zero-order valence-corrected chi connectivity index (χ0v) is 30.4. The molecule has 270 valence electrons. The first-order valence-electron chi connectivity index (χ1n) is 15.9. The fraction of sp³-hybridized carbons (Fsp3) is 0.438. The van der Waals surface area contributed by atoms with Crippen LogP contribution in [0.5, 0.6) is 0 Å². The molecule has 0 bridgehead atoms. The predicted octanol–water partition coefficient (Wildman–Crippen LogP) is 4.30. The van der Waals surface area contributed by atoms with Gasteiger partial charge in [-0.15, -0.1) is 0 Å². The molecule has 50 heavy (non-hydrogen) atoms. The highest BCUT2D eigenvalue weighted by molar-refractivity contribution is 7.88. The second-order valence-corrected chi connectivity index (χ2v) is 16.7. The molecule has 16 nitrogen and oxygen atoms in total. The van der Waals surface area contributed by atoms with Gasteiger partial charge >= 0.3 is 0 Å². The van der Waals surface area contributed by atoms with Gasteiger partial charge in [-0.1, -0.05) is 22.4 Å². The summed E-state index contributed by atoms with van der Waals surface area (Å²) in [6.45, 7) is 9.00. The average Bonchev–Trinajstić information content (AvgIpc) is 3.83. The molecule has 6 rings (SSSR count). The Morgan fingerprint density at radius 3 is 1.60 bits per heavy atom. The van der Waals surface area contributed by atoms with Crippen LogP contribution in [0.25, 0.3) is 22.3 Å². The fourth-order valence-electron chi connectivity index (χ4n) is 6.33. The minimum absolute atomic E-state index is 0.0620. The first-order chi connectivity index (χ1) is 23.4. The predicted molar refractivity (Wildman–Crippen MR) is 191 cm³/mol. The topological polar surface area (TPSA) is 220 Å². The molecule has 0 saturated carbocycles. The van der Waals surface area contributed by atoms with Crippen LogP contribution in [0, 0.1) is 37.8 Å². The number of rotatable bonds is 9. The fourth-order valence-corrected chi connectivity index (χ4v) is 8.11. The number of aromatic nitrogens is 2. The zero-order valence-electron chi connectivity index (χ0n) is 28.8. The van der Waals surface area contributed by atoms with Gasteiger partial charge in [0, 0.05) is 55.5 Å². The number of benzene rings is 2. The van der Waals surface area contributed by atoms with Gasteiger partial charge in [0.05, 0.1) is 40.2 Å².